The van der Waals surface area contributed by atoms with Crippen LogP contribution in [0.4, 0.5) is 0 Å². The van der Waals surface area contributed by atoms with Crippen LogP contribution in [-0.4, -0.2) is 37.1 Å². The fourth-order valence-corrected chi connectivity index (χ4v) is 3.42. The molecule has 2 heteroatoms. The second-order valence-electron chi connectivity index (χ2n) is 5.95. The van der Waals surface area contributed by atoms with Crippen LogP contribution in [0.5, 0.6) is 0 Å². The Bertz CT molecular complexity index is 199. The number of hydrogen-bond donors (Lipinski definition) is 1. The van der Waals surface area contributed by atoms with Crippen LogP contribution in [0.15, 0.2) is 0 Å². The molecule has 2 rings (SSSR count). The summed E-state index contributed by atoms with van der Waals surface area (Å²) < 4.78 is 0. The molecule has 1 aliphatic carbocycles. The smallest absolute Gasteiger partial charge is 0.0198 e. The monoisotopic (exact) mass is 224 g/mol. The van der Waals surface area contributed by atoms with Crippen molar-refractivity contribution >= 4 is 0 Å². The topological polar surface area (TPSA) is 15.3 Å². The highest BCUT2D eigenvalue weighted by atomic mass is 15.2. The second-order valence-corrected chi connectivity index (χ2v) is 5.95. The Labute approximate surface area is 101 Å². The number of nitrogens with one attached hydrogen (secondary N) is 1. The van der Waals surface area contributed by atoms with Gasteiger partial charge in [-0.1, -0.05) is 26.7 Å². The molecular weight excluding hydrogens is 196 g/mol. The normalized spacial score (nSPS) is 33.4. The van der Waals surface area contributed by atoms with E-state index >= 15 is 0 Å². The van der Waals surface area contributed by atoms with Crippen LogP contribution in [-0.2, 0) is 0 Å². The molecule has 0 amide bonds. The van der Waals surface area contributed by atoms with Gasteiger partial charge in [0.05, 0.1) is 0 Å². The van der Waals surface area contributed by atoms with E-state index < -0.39 is 0 Å². The van der Waals surface area contributed by atoms with Crippen molar-refractivity contribution in [3.05, 3.63) is 0 Å². The van der Waals surface area contributed by atoms with E-state index in [2.05, 4.69) is 24.1 Å². The Morgan fingerprint density at radius 1 is 1.19 bits per heavy atom. The molecule has 0 aromatic heterocycles. The van der Waals surface area contributed by atoms with Crippen molar-refractivity contribution in [3.63, 3.8) is 0 Å². The summed E-state index contributed by atoms with van der Waals surface area (Å²) in [7, 11) is 0. The van der Waals surface area contributed by atoms with Gasteiger partial charge in [-0.05, 0) is 44.2 Å². The molecule has 2 aliphatic rings. The Morgan fingerprint density at radius 2 is 1.94 bits per heavy atom. The average Bonchev–Trinajstić information content (AvgIpc) is 2.78. The lowest BCUT2D eigenvalue weighted by atomic mass is 9.95. The Kier molecular flexibility index (Phi) is 4.66. The van der Waals surface area contributed by atoms with E-state index in [0.717, 1.165) is 17.9 Å². The molecule has 1 aliphatic heterocycles. The van der Waals surface area contributed by atoms with Gasteiger partial charge in [0.15, 0.2) is 0 Å². The quantitative estimate of drug-likeness (QED) is 0.789. The third-order valence-electron chi connectivity index (χ3n) is 4.35. The van der Waals surface area contributed by atoms with Crippen LogP contribution in [0.3, 0.4) is 0 Å². The summed E-state index contributed by atoms with van der Waals surface area (Å²) in [5, 5.41) is 3.82. The lowest BCUT2D eigenvalue weighted by molar-refractivity contribution is 0.153. The first-order chi connectivity index (χ1) is 7.78. The minimum absolute atomic E-state index is 0.754. The molecule has 2 unspecified atom stereocenters. The lowest BCUT2D eigenvalue weighted by Gasteiger charge is -2.36. The molecule has 0 aromatic rings. The molecule has 16 heavy (non-hydrogen) atoms. The third-order valence-corrected chi connectivity index (χ3v) is 4.35. The predicted molar refractivity (Wildman–Crippen MR) is 69.6 cm³/mol. The highest BCUT2D eigenvalue weighted by Gasteiger charge is 2.24. The number of hydrogen-bond acceptors (Lipinski definition) is 2. The van der Waals surface area contributed by atoms with Crippen LogP contribution in [0, 0.1) is 11.8 Å². The van der Waals surface area contributed by atoms with Crippen LogP contribution < -0.4 is 5.32 Å². The van der Waals surface area contributed by atoms with E-state index in [0.29, 0.717) is 0 Å². The van der Waals surface area contributed by atoms with Gasteiger partial charge < -0.3 is 10.2 Å². The molecule has 0 aromatic carbocycles. The third kappa shape index (κ3) is 3.46. The number of likely N-dealkylation sites (tertiary alicyclic amines) is 1. The van der Waals surface area contributed by atoms with Crippen LogP contribution >= 0.6 is 0 Å². The SMILES string of the molecule is CCN1CC(C)CC(NCC2CCCC2)C1. The van der Waals surface area contributed by atoms with E-state index in [1.807, 2.05) is 0 Å². The van der Waals surface area contributed by atoms with Gasteiger partial charge in [0, 0.05) is 19.1 Å². The molecule has 2 nitrogen and oxygen atoms in total. The maximum absolute atomic E-state index is 3.82. The Morgan fingerprint density at radius 3 is 2.62 bits per heavy atom. The van der Waals surface area contributed by atoms with Crippen molar-refractivity contribution in [1.82, 2.24) is 10.2 Å². The minimum Gasteiger partial charge on any atom is -0.312 e. The molecular formula is C14H28N2. The molecule has 1 N–H and O–H groups in total. The fourth-order valence-electron chi connectivity index (χ4n) is 3.42. The zero-order chi connectivity index (χ0) is 11.4. The van der Waals surface area contributed by atoms with Crippen molar-refractivity contribution in [3.8, 4) is 0 Å². The maximum atomic E-state index is 3.82. The summed E-state index contributed by atoms with van der Waals surface area (Å²) in [5.41, 5.74) is 0. The molecule has 1 saturated carbocycles. The van der Waals surface area contributed by atoms with Gasteiger partial charge in [0.1, 0.15) is 0 Å². The predicted octanol–water partition coefficient (Wildman–Crippen LogP) is 2.50. The number of nitrogens with zero attached hydrogens (tertiary/aromatic N) is 1. The highest BCUT2D eigenvalue weighted by molar-refractivity contribution is 4.82. The van der Waals surface area contributed by atoms with Crippen LogP contribution in [0.1, 0.15) is 46.0 Å². The molecule has 0 spiro atoms. The zero-order valence-corrected chi connectivity index (χ0v) is 11.0. The fraction of sp³-hybridized carbons (Fsp3) is 1.00. The van der Waals surface area contributed by atoms with Gasteiger partial charge in [-0.25, -0.2) is 0 Å². The van der Waals surface area contributed by atoms with Gasteiger partial charge in [0.25, 0.3) is 0 Å². The zero-order valence-electron chi connectivity index (χ0n) is 11.0. The summed E-state index contributed by atoms with van der Waals surface area (Å²) in [4.78, 5) is 2.60. The van der Waals surface area contributed by atoms with Crippen molar-refractivity contribution in [1.29, 1.82) is 0 Å². The van der Waals surface area contributed by atoms with Gasteiger partial charge in [0.2, 0.25) is 0 Å². The molecule has 1 saturated heterocycles. The van der Waals surface area contributed by atoms with Gasteiger partial charge in [-0.15, -0.1) is 0 Å². The summed E-state index contributed by atoms with van der Waals surface area (Å²) in [6.45, 7) is 9.74. The number of piperidine rings is 1. The second kappa shape index (κ2) is 6.02. The van der Waals surface area contributed by atoms with Gasteiger partial charge in [-0.3, -0.25) is 0 Å². The summed E-state index contributed by atoms with van der Waals surface area (Å²) in [6, 6.07) is 0.754. The summed E-state index contributed by atoms with van der Waals surface area (Å²) in [6.07, 6.45) is 7.24. The summed E-state index contributed by atoms with van der Waals surface area (Å²) in [5.74, 6) is 1.85. The number of rotatable bonds is 4. The molecule has 0 bridgehead atoms. The molecule has 1 heterocycles. The molecule has 94 valence electrons. The van der Waals surface area contributed by atoms with E-state index in [1.165, 1.54) is 58.3 Å². The van der Waals surface area contributed by atoms with Crippen molar-refractivity contribution in [2.75, 3.05) is 26.2 Å². The highest BCUT2D eigenvalue weighted by Crippen LogP contribution is 2.24. The Balaban J connectivity index is 1.71. The van der Waals surface area contributed by atoms with Crippen LogP contribution in [0.2, 0.25) is 0 Å². The van der Waals surface area contributed by atoms with Gasteiger partial charge >= 0.3 is 0 Å². The first-order valence-corrected chi connectivity index (χ1v) is 7.23. The van der Waals surface area contributed by atoms with Gasteiger partial charge in [-0.2, -0.15) is 0 Å². The lowest BCUT2D eigenvalue weighted by Crippen LogP contribution is -2.49. The first kappa shape index (κ1) is 12.4. The molecule has 2 fully saturated rings. The Hall–Kier alpha value is -0.0800. The average molecular weight is 224 g/mol. The largest absolute Gasteiger partial charge is 0.312 e. The molecule has 0 radical (unpaired) electrons. The van der Waals surface area contributed by atoms with E-state index in [-0.39, 0.29) is 0 Å². The number of likely N-dealkylation sites (N-methyl/N-ethyl adjacent to an activating group) is 1. The van der Waals surface area contributed by atoms with Crippen LogP contribution in [0.25, 0.3) is 0 Å². The standard InChI is InChI=1S/C14H28N2/c1-3-16-10-12(2)8-14(11-16)15-9-13-6-4-5-7-13/h12-15H,3-11H2,1-2H3. The van der Waals surface area contributed by atoms with Crippen molar-refractivity contribution in [2.45, 2.75) is 52.0 Å². The van der Waals surface area contributed by atoms with E-state index in [1.54, 1.807) is 0 Å². The van der Waals surface area contributed by atoms with E-state index in [4.69, 9.17) is 0 Å². The van der Waals surface area contributed by atoms with Crippen molar-refractivity contribution < 1.29 is 0 Å². The first-order valence-electron chi connectivity index (χ1n) is 7.23. The maximum Gasteiger partial charge on any atom is 0.0198 e. The minimum atomic E-state index is 0.754. The van der Waals surface area contributed by atoms with Crippen molar-refractivity contribution in [2.24, 2.45) is 11.8 Å². The van der Waals surface area contributed by atoms with E-state index in [9.17, 15) is 0 Å². The summed E-state index contributed by atoms with van der Waals surface area (Å²) >= 11 is 0. The molecule has 2 atom stereocenters.